The van der Waals surface area contributed by atoms with E-state index in [1.165, 1.54) is 0 Å². The lowest BCUT2D eigenvalue weighted by Gasteiger charge is -2.14. The highest BCUT2D eigenvalue weighted by Gasteiger charge is 2.07. The number of ether oxygens (including phenoxy) is 1. The summed E-state index contributed by atoms with van der Waals surface area (Å²) in [6.45, 7) is 7.89. The van der Waals surface area contributed by atoms with E-state index in [1.54, 1.807) is 6.20 Å². The van der Waals surface area contributed by atoms with Crippen LogP contribution in [0.5, 0.6) is 0 Å². The van der Waals surface area contributed by atoms with E-state index in [2.05, 4.69) is 9.72 Å². The quantitative estimate of drug-likeness (QED) is 0.649. The summed E-state index contributed by atoms with van der Waals surface area (Å²) in [6.07, 6.45) is 1.79. The molecular formula is C11H18NO2. The van der Waals surface area contributed by atoms with Crippen molar-refractivity contribution in [2.75, 3.05) is 0 Å². The summed E-state index contributed by atoms with van der Waals surface area (Å²) >= 11 is 0. The fourth-order valence-corrected chi connectivity index (χ4v) is 0.592. The Morgan fingerprint density at radius 1 is 1.43 bits per heavy atom. The molecule has 1 rings (SSSR count). The molecule has 79 valence electrons. The van der Waals surface area contributed by atoms with Crippen molar-refractivity contribution >= 4 is 6.47 Å². The van der Waals surface area contributed by atoms with Crippen LogP contribution in [0, 0.1) is 6.92 Å². The molecule has 0 spiro atoms. The van der Waals surface area contributed by atoms with Crippen molar-refractivity contribution in [3.8, 4) is 0 Å². The monoisotopic (exact) mass is 197 g/mol. The van der Waals surface area contributed by atoms with Crippen molar-refractivity contribution < 1.29 is 11.0 Å². The second-order valence-electron chi connectivity index (χ2n) is 3.80. The molecule has 1 radical (unpaired) electrons. The number of nitrogens with zero attached hydrogens (tertiary/aromatic N) is 1. The van der Waals surface area contributed by atoms with Gasteiger partial charge in [0, 0.05) is 13.3 Å². The first kappa shape index (κ1) is 12.6. The van der Waals surface area contributed by atoms with E-state index in [1.807, 2.05) is 45.9 Å². The highest BCUT2D eigenvalue weighted by molar-refractivity contribution is 5.37. The summed E-state index contributed by atoms with van der Waals surface area (Å²) in [6, 6.07) is 5.86. The summed E-state index contributed by atoms with van der Waals surface area (Å²) in [5, 5.41) is 0. The molecule has 1 heterocycles. The molecule has 0 aliphatic heterocycles. The Labute approximate surface area is 86.6 Å². The third kappa shape index (κ3) is 8.71. The highest BCUT2D eigenvalue weighted by Crippen LogP contribution is 2.02. The van der Waals surface area contributed by atoms with Crippen LogP contribution in [0.4, 0.5) is 0 Å². The van der Waals surface area contributed by atoms with Gasteiger partial charge in [-0.1, -0.05) is 6.07 Å². The van der Waals surface area contributed by atoms with Crippen LogP contribution in [-0.4, -0.2) is 17.1 Å². The molecule has 14 heavy (non-hydrogen) atoms. The normalized spacial score (nSPS) is 9.71. The van der Waals surface area contributed by atoms with E-state index in [-0.39, 0.29) is 7.03 Å². The summed E-state index contributed by atoms with van der Waals surface area (Å²) in [7, 11) is 0. The van der Waals surface area contributed by atoms with Crippen LogP contribution in [0.25, 0.3) is 0 Å². The van der Waals surface area contributed by atoms with E-state index in [9.17, 15) is 4.79 Å². The Morgan fingerprint density at radius 3 is 2.21 bits per heavy atom. The number of hydrogen-bond acceptors (Lipinski definition) is 3. The first-order valence-corrected chi connectivity index (χ1v) is 4.45. The fourth-order valence-electron chi connectivity index (χ4n) is 0.592. The van der Waals surface area contributed by atoms with Gasteiger partial charge in [0.25, 0.3) is 6.47 Å². The van der Waals surface area contributed by atoms with Gasteiger partial charge in [-0.2, -0.15) is 0 Å². The smallest absolute Gasteiger partial charge is 0.293 e. The molecule has 0 saturated heterocycles. The van der Waals surface area contributed by atoms with Crippen LogP contribution in [0.2, 0.25) is 0 Å². The third-order valence-corrected chi connectivity index (χ3v) is 1.21. The zero-order chi connectivity index (χ0) is 11.0. The summed E-state index contributed by atoms with van der Waals surface area (Å²) < 4.78 is 4.55. The van der Waals surface area contributed by atoms with Crippen molar-refractivity contribution in [2.24, 2.45) is 0 Å². The first-order valence-electron chi connectivity index (χ1n) is 4.45. The molecule has 0 amide bonds. The average molecular weight is 197 g/mol. The SMILES string of the molecule is CC(C)(C)OC=O.Cc1ccccn1.[2H]. The zero-order valence-corrected chi connectivity index (χ0v) is 9.15. The van der Waals surface area contributed by atoms with E-state index in [0.29, 0.717) is 6.47 Å². The van der Waals surface area contributed by atoms with Gasteiger partial charge in [0.2, 0.25) is 0 Å². The summed E-state index contributed by atoms with van der Waals surface area (Å²) in [5.41, 5.74) is 0.754. The predicted molar refractivity (Wildman–Crippen MR) is 57.0 cm³/mol. The molecule has 1 aromatic rings. The van der Waals surface area contributed by atoms with Crippen molar-refractivity contribution in [3.05, 3.63) is 30.1 Å². The molecule has 3 nitrogen and oxygen atoms in total. The molecule has 0 aromatic carbocycles. The number of aromatic nitrogens is 1. The fraction of sp³-hybridized carbons (Fsp3) is 0.455. The Kier molecular flexibility index (Phi) is 5.53. The summed E-state index contributed by atoms with van der Waals surface area (Å²) in [5.74, 6) is 0. The van der Waals surface area contributed by atoms with Gasteiger partial charge in [0.05, 0.1) is 0 Å². The Bertz CT molecular complexity index is 257. The molecule has 0 saturated carbocycles. The predicted octanol–water partition coefficient (Wildman–Crippen LogP) is 2.46. The van der Waals surface area contributed by atoms with Gasteiger partial charge in [-0.05, 0) is 39.8 Å². The van der Waals surface area contributed by atoms with E-state index < -0.39 is 0 Å². The van der Waals surface area contributed by atoms with Gasteiger partial charge in [-0.15, -0.1) is 0 Å². The minimum Gasteiger partial charge on any atom is -0.462 e. The van der Waals surface area contributed by atoms with E-state index >= 15 is 0 Å². The molecule has 0 fully saturated rings. The van der Waals surface area contributed by atoms with Crippen molar-refractivity contribution in [3.63, 3.8) is 0 Å². The Hall–Kier alpha value is -1.38. The first-order chi connectivity index (χ1) is 6.45. The lowest BCUT2D eigenvalue weighted by Crippen LogP contribution is -2.17. The maximum Gasteiger partial charge on any atom is 0.293 e. The number of carbonyl (C=O) groups is 1. The zero-order valence-electron chi connectivity index (χ0n) is 10.2. The van der Waals surface area contributed by atoms with Crippen LogP contribution < -0.4 is 0 Å². The van der Waals surface area contributed by atoms with Crippen LogP contribution in [0.3, 0.4) is 0 Å². The van der Waals surface area contributed by atoms with Gasteiger partial charge >= 0.3 is 0 Å². The maximum absolute atomic E-state index is 9.60. The number of rotatable bonds is 1. The number of carbonyl (C=O) groups excluding carboxylic acids is 1. The standard InChI is InChI=1S/C6H7N.C5H10O2.H/c1-6-4-2-3-5-7-6;1-5(2,3)7-4-6;/h2-5H,1H3;4H,1-3H3;/i;;1+1. The lowest BCUT2D eigenvalue weighted by atomic mass is 10.2. The molecule has 3 heteroatoms. The lowest BCUT2D eigenvalue weighted by molar-refractivity contribution is -0.138. The van der Waals surface area contributed by atoms with Crippen molar-refractivity contribution in [1.29, 1.82) is 0 Å². The number of pyridine rings is 1. The summed E-state index contributed by atoms with van der Waals surface area (Å²) in [4.78, 5) is 13.6. The van der Waals surface area contributed by atoms with Gasteiger partial charge in [0.1, 0.15) is 5.60 Å². The minimum atomic E-state index is -0.318. The topological polar surface area (TPSA) is 39.2 Å². The third-order valence-electron chi connectivity index (χ3n) is 1.21. The molecule has 1 aromatic heterocycles. The van der Waals surface area contributed by atoms with Crippen molar-refractivity contribution in [1.82, 2.24) is 4.98 Å². The molecule has 0 aliphatic carbocycles. The number of hydrogen-bond donors (Lipinski definition) is 0. The average Bonchev–Trinajstić information content (AvgIpc) is 2.04. The molecule has 0 bridgehead atoms. The molecule has 0 aliphatic rings. The molecule has 0 N–H and O–H groups in total. The highest BCUT2D eigenvalue weighted by atomic mass is 16.5. The van der Waals surface area contributed by atoms with Gasteiger partial charge in [-0.3, -0.25) is 9.78 Å². The van der Waals surface area contributed by atoms with Crippen LogP contribution in [0.15, 0.2) is 24.4 Å². The van der Waals surface area contributed by atoms with E-state index in [0.717, 1.165) is 5.69 Å². The molecule has 0 unspecified atom stereocenters. The van der Waals surface area contributed by atoms with Crippen LogP contribution in [0.1, 0.15) is 27.9 Å². The molecular weight excluding hydrogens is 178 g/mol. The Balaban J connectivity index is 0. The van der Waals surface area contributed by atoms with Crippen LogP contribution >= 0.6 is 0 Å². The van der Waals surface area contributed by atoms with Crippen molar-refractivity contribution in [2.45, 2.75) is 33.3 Å². The van der Waals surface area contributed by atoms with Crippen LogP contribution in [-0.2, 0) is 9.53 Å². The van der Waals surface area contributed by atoms with Gasteiger partial charge < -0.3 is 4.74 Å². The maximum atomic E-state index is 9.60. The minimum absolute atomic E-state index is 0. The second-order valence-corrected chi connectivity index (χ2v) is 3.80. The Morgan fingerprint density at radius 2 is 2.07 bits per heavy atom. The number of aryl methyl sites for hydroxylation is 1. The largest absolute Gasteiger partial charge is 0.462 e. The molecule has 0 atom stereocenters. The van der Waals surface area contributed by atoms with E-state index in [4.69, 9.17) is 0 Å². The van der Waals surface area contributed by atoms with Gasteiger partial charge in [-0.25, -0.2) is 0 Å². The van der Waals surface area contributed by atoms with Gasteiger partial charge in [0.15, 0.2) is 0 Å². The second kappa shape index (κ2) is 6.13.